The molecule has 1 unspecified atom stereocenters. The van der Waals surface area contributed by atoms with E-state index >= 15 is 0 Å². The summed E-state index contributed by atoms with van der Waals surface area (Å²) in [5, 5.41) is 7.56. The first-order chi connectivity index (χ1) is 11.5. The molecule has 3 heterocycles. The minimum absolute atomic E-state index is 0.109. The van der Waals surface area contributed by atoms with Crippen molar-refractivity contribution in [2.45, 2.75) is 31.3 Å². The van der Waals surface area contributed by atoms with Crippen LogP contribution >= 0.6 is 11.3 Å². The number of nitrogens with one attached hydrogen (secondary N) is 2. The Bertz CT molecular complexity index is 625. The van der Waals surface area contributed by atoms with E-state index in [0.717, 1.165) is 0 Å². The molecule has 0 aromatic carbocycles. The second-order valence-electron chi connectivity index (χ2n) is 6.30. The molecule has 7 nitrogen and oxygen atoms in total. The molecule has 2 fully saturated rings. The van der Waals surface area contributed by atoms with Crippen molar-refractivity contribution in [1.82, 2.24) is 15.5 Å². The van der Waals surface area contributed by atoms with Crippen LogP contribution in [0.3, 0.4) is 0 Å². The van der Waals surface area contributed by atoms with Gasteiger partial charge in [0, 0.05) is 26.7 Å². The van der Waals surface area contributed by atoms with Crippen LogP contribution in [0.25, 0.3) is 0 Å². The van der Waals surface area contributed by atoms with Gasteiger partial charge >= 0.3 is 0 Å². The zero-order valence-corrected chi connectivity index (χ0v) is 14.4. The summed E-state index contributed by atoms with van der Waals surface area (Å²) in [4.78, 5) is 39.1. The largest absolute Gasteiger partial charge is 0.381 e. The number of thiophene rings is 1. The van der Waals surface area contributed by atoms with Gasteiger partial charge in [-0.3, -0.25) is 14.4 Å². The van der Waals surface area contributed by atoms with E-state index in [2.05, 4.69) is 10.6 Å². The van der Waals surface area contributed by atoms with E-state index < -0.39 is 11.6 Å². The number of nitrogens with zero attached hydrogens (tertiary/aromatic N) is 1. The zero-order valence-electron chi connectivity index (χ0n) is 13.5. The van der Waals surface area contributed by atoms with Gasteiger partial charge < -0.3 is 20.3 Å². The molecule has 130 valence electrons. The second kappa shape index (κ2) is 6.90. The molecule has 3 amide bonds. The average molecular weight is 351 g/mol. The van der Waals surface area contributed by atoms with Crippen LogP contribution < -0.4 is 10.6 Å². The number of carbonyl (C=O) groups excluding carboxylic acids is 3. The normalized spacial score (nSPS) is 23.5. The molecule has 8 heteroatoms. The third kappa shape index (κ3) is 3.59. The maximum absolute atomic E-state index is 12.8. The first-order valence-electron chi connectivity index (χ1n) is 7.99. The van der Waals surface area contributed by atoms with Gasteiger partial charge in [-0.1, -0.05) is 6.07 Å². The Morgan fingerprint density at radius 2 is 2.17 bits per heavy atom. The number of hydrogen-bond donors (Lipinski definition) is 2. The summed E-state index contributed by atoms with van der Waals surface area (Å²) in [6, 6.07) is 2.86. The number of amides is 3. The first kappa shape index (κ1) is 16.9. The molecular weight excluding hydrogens is 330 g/mol. The number of rotatable bonds is 2. The van der Waals surface area contributed by atoms with Gasteiger partial charge in [0.05, 0.1) is 17.0 Å². The Labute approximate surface area is 144 Å². The summed E-state index contributed by atoms with van der Waals surface area (Å²) in [6.45, 7) is 3.06. The van der Waals surface area contributed by atoms with E-state index in [1.807, 2.05) is 11.4 Å². The van der Waals surface area contributed by atoms with E-state index in [0.29, 0.717) is 37.5 Å². The predicted octanol–water partition coefficient (Wildman–Crippen LogP) is 0.374. The van der Waals surface area contributed by atoms with Crippen molar-refractivity contribution in [2.75, 3.05) is 26.3 Å². The van der Waals surface area contributed by atoms with Crippen LogP contribution in [0.15, 0.2) is 17.5 Å². The molecule has 0 saturated carbocycles. The fourth-order valence-electron chi connectivity index (χ4n) is 3.23. The summed E-state index contributed by atoms with van der Waals surface area (Å²) < 4.78 is 5.41. The third-order valence-corrected chi connectivity index (χ3v) is 5.31. The average Bonchev–Trinajstić information content (AvgIpc) is 3.03. The molecule has 0 bridgehead atoms. The van der Waals surface area contributed by atoms with Crippen molar-refractivity contribution in [2.24, 2.45) is 0 Å². The molecule has 0 aliphatic carbocycles. The van der Waals surface area contributed by atoms with Gasteiger partial charge in [-0.25, -0.2) is 0 Å². The van der Waals surface area contributed by atoms with Gasteiger partial charge in [0.25, 0.3) is 5.91 Å². The van der Waals surface area contributed by atoms with Crippen LogP contribution in [0.1, 0.15) is 29.4 Å². The smallest absolute Gasteiger partial charge is 0.264 e. The lowest BCUT2D eigenvalue weighted by atomic mass is 9.89. The van der Waals surface area contributed by atoms with E-state index in [-0.39, 0.29) is 24.3 Å². The second-order valence-corrected chi connectivity index (χ2v) is 7.25. The minimum Gasteiger partial charge on any atom is -0.381 e. The van der Waals surface area contributed by atoms with Crippen LogP contribution in [0.4, 0.5) is 0 Å². The SMILES string of the molecule is CC(=O)NC1CN(C(=O)c2cccs2)CC2(CCOCC2)NC1=O. The van der Waals surface area contributed by atoms with E-state index in [4.69, 9.17) is 4.74 Å². The molecule has 2 aliphatic rings. The summed E-state index contributed by atoms with van der Waals surface area (Å²) in [5.74, 6) is -0.641. The minimum atomic E-state index is -0.742. The molecule has 1 atom stereocenters. The van der Waals surface area contributed by atoms with Gasteiger partial charge in [0.15, 0.2) is 0 Å². The van der Waals surface area contributed by atoms with E-state index in [9.17, 15) is 14.4 Å². The van der Waals surface area contributed by atoms with Crippen molar-refractivity contribution < 1.29 is 19.1 Å². The lowest BCUT2D eigenvalue weighted by Gasteiger charge is -2.39. The monoisotopic (exact) mass is 351 g/mol. The lowest BCUT2D eigenvalue weighted by molar-refractivity contribution is -0.129. The Morgan fingerprint density at radius 1 is 1.42 bits per heavy atom. The van der Waals surface area contributed by atoms with Gasteiger partial charge in [-0.05, 0) is 24.3 Å². The molecule has 1 spiro atoms. The van der Waals surface area contributed by atoms with Gasteiger partial charge in [0.1, 0.15) is 6.04 Å². The van der Waals surface area contributed by atoms with Crippen LogP contribution in [-0.2, 0) is 14.3 Å². The van der Waals surface area contributed by atoms with Gasteiger partial charge in [0.2, 0.25) is 11.8 Å². The topological polar surface area (TPSA) is 87.7 Å². The molecule has 1 aromatic rings. The summed E-state index contributed by atoms with van der Waals surface area (Å²) in [5.41, 5.74) is -0.491. The van der Waals surface area contributed by atoms with Crippen molar-refractivity contribution >= 4 is 29.1 Å². The highest BCUT2D eigenvalue weighted by Crippen LogP contribution is 2.26. The Morgan fingerprint density at radius 3 is 2.79 bits per heavy atom. The summed E-state index contributed by atoms with van der Waals surface area (Å²) >= 11 is 1.37. The van der Waals surface area contributed by atoms with E-state index in [1.54, 1.807) is 11.0 Å². The van der Waals surface area contributed by atoms with Crippen LogP contribution in [0.2, 0.25) is 0 Å². The van der Waals surface area contributed by atoms with Crippen LogP contribution in [0, 0.1) is 0 Å². The maximum Gasteiger partial charge on any atom is 0.264 e. The highest BCUT2D eigenvalue weighted by atomic mass is 32.1. The standard InChI is InChI=1S/C16H21N3O4S/c1-11(20)17-12-9-19(15(22)13-3-2-8-24-13)10-16(18-14(12)21)4-6-23-7-5-16/h2-3,8,12H,4-7,9-10H2,1H3,(H,17,20)(H,18,21). The van der Waals surface area contributed by atoms with Crippen molar-refractivity contribution in [3.05, 3.63) is 22.4 Å². The van der Waals surface area contributed by atoms with Crippen LogP contribution in [0.5, 0.6) is 0 Å². The molecule has 0 radical (unpaired) electrons. The van der Waals surface area contributed by atoms with Gasteiger partial charge in [-0.15, -0.1) is 11.3 Å². The zero-order chi connectivity index (χ0) is 17.2. The molecule has 2 aliphatic heterocycles. The quantitative estimate of drug-likeness (QED) is 0.806. The van der Waals surface area contributed by atoms with Crippen molar-refractivity contribution in [3.63, 3.8) is 0 Å². The molecule has 24 heavy (non-hydrogen) atoms. The fourth-order valence-corrected chi connectivity index (χ4v) is 3.92. The molecule has 1 aromatic heterocycles. The predicted molar refractivity (Wildman–Crippen MR) is 88.8 cm³/mol. The molecular formula is C16H21N3O4S. The fraction of sp³-hybridized carbons (Fsp3) is 0.562. The first-order valence-corrected chi connectivity index (χ1v) is 8.87. The third-order valence-electron chi connectivity index (χ3n) is 4.45. The highest BCUT2D eigenvalue weighted by molar-refractivity contribution is 7.12. The Balaban J connectivity index is 1.88. The van der Waals surface area contributed by atoms with Crippen molar-refractivity contribution in [3.8, 4) is 0 Å². The Kier molecular flexibility index (Phi) is 4.86. The van der Waals surface area contributed by atoms with Crippen molar-refractivity contribution in [1.29, 1.82) is 0 Å². The van der Waals surface area contributed by atoms with Gasteiger partial charge in [-0.2, -0.15) is 0 Å². The number of hydrogen-bond acceptors (Lipinski definition) is 5. The van der Waals surface area contributed by atoms with Crippen LogP contribution in [-0.4, -0.2) is 60.5 Å². The highest BCUT2D eigenvalue weighted by Gasteiger charge is 2.43. The molecule has 3 rings (SSSR count). The molecule has 2 saturated heterocycles. The lowest BCUT2D eigenvalue weighted by Crippen LogP contribution is -2.57. The summed E-state index contributed by atoms with van der Waals surface area (Å²) in [6.07, 6.45) is 1.31. The van der Waals surface area contributed by atoms with E-state index in [1.165, 1.54) is 18.3 Å². The number of carbonyl (C=O) groups is 3. The summed E-state index contributed by atoms with van der Waals surface area (Å²) in [7, 11) is 0. The Hall–Kier alpha value is -1.93. The molecule has 2 N–H and O–H groups in total. The maximum atomic E-state index is 12.8. The number of ether oxygens (including phenoxy) is 1.